The first-order chi connectivity index (χ1) is 7.86. The summed E-state index contributed by atoms with van der Waals surface area (Å²) in [5.41, 5.74) is 1.29. The summed E-state index contributed by atoms with van der Waals surface area (Å²) in [6.45, 7) is 5.53. The van der Waals surface area contributed by atoms with E-state index in [0.717, 1.165) is 6.54 Å². The Morgan fingerprint density at radius 3 is 2.44 bits per heavy atom. The number of para-hydroxylation sites is 1. The van der Waals surface area contributed by atoms with Crippen molar-refractivity contribution in [3.8, 4) is 0 Å². The quantitative estimate of drug-likeness (QED) is 0.761. The first kappa shape index (κ1) is 11.1. The molecule has 1 heterocycles. The smallest absolute Gasteiger partial charge is 0.105 e. The summed E-state index contributed by atoms with van der Waals surface area (Å²) in [7, 11) is 0. The molecule has 0 aromatic heterocycles. The highest BCUT2D eigenvalue weighted by atomic mass is 15.4. The highest BCUT2D eigenvalue weighted by molar-refractivity contribution is 5.51. The molecule has 2 rings (SSSR count). The van der Waals surface area contributed by atoms with Gasteiger partial charge in [-0.25, -0.2) is 0 Å². The first-order valence-corrected chi connectivity index (χ1v) is 6.14. The average Bonchev–Trinajstić information content (AvgIpc) is 2.74. The normalized spacial score (nSPS) is 19.5. The molecule has 0 radical (unpaired) electrons. The van der Waals surface area contributed by atoms with Crippen LogP contribution in [-0.4, -0.2) is 17.6 Å². The molecule has 1 aromatic carbocycles. The molecule has 1 unspecified atom stereocenters. The van der Waals surface area contributed by atoms with Gasteiger partial charge in [0.25, 0.3) is 0 Å². The number of hydrogen-bond donors (Lipinski definition) is 0. The Hall–Kier alpha value is -1.44. The summed E-state index contributed by atoms with van der Waals surface area (Å²) in [5, 5.41) is 0. The number of nitrogens with zero attached hydrogens (tertiary/aromatic N) is 2. The van der Waals surface area contributed by atoms with E-state index in [1.807, 2.05) is 0 Å². The molecule has 1 aliphatic heterocycles. The molecule has 86 valence electrons. The van der Waals surface area contributed by atoms with Gasteiger partial charge in [0.15, 0.2) is 0 Å². The van der Waals surface area contributed by atoms with Gasteiger partial charge in [-0.15, -0.1) is 0 Å². The topological polar surface area (TPSA) is 6.48 Å². The van der Waals surface area contributed by atoms with Crippen LogP contribution in [0.3, 0.4) is 0 Å². The van der Waals surface area contributed by atoms with Gasteiger partial charge in [-0.05, 0) is 25.5 Å². The van der Waals surface area contributed by atoms with Crippen molar-refractivity contribution in [3.05, 3.63) is 42.7 Å². The van der Waals surface area contributed by atoms with Gasteiger partial charge in [-0.3, -0.25) is 0 Å². The zero-order valence-electron chi connectivity index (χ0n) is 10.1. The standard InChI is InChI=1S/C14H20N2/c1-3-8-14-15(4-2)11-12-16(14)13-9-6-5-7-10-13/h5-7,9-12,14H,3-4,8H2,1-2H3. The van der Waals surface area contributed by atoms with Crippen molar-refractivity contribution in [3.63, 3.8) is 0 Å². The number of anilines is 1. The van der Waals surface area contributed by atoms with E-state index >= 15 is 0 Å². The number of hydrogen-bond acceptors (Lipinski definition) is 2. The lowest BCUT2D eigenvalue weighted by molar-refractivity contribution is 0.297. The number of rotatable bonds is 4. The zero-order valence-corrected chi connectivity index (χ0v) is 10.1. The molecule has 0 saturated carbocycles. The molecule has 0 aliphatic carbocycles. The van der Waals surface area contributed by atoms with Crippen molar-refractivity contribution in [1.82, 2.24) is 4.90 Å². The van der Waals surface area contributed by atoms with Crippen molar-refractivity contribution in [1.29, 1.82) is 0 Å². The van der Waals surface area contributed by atoms with Gasteiger partial charge in [0.2, 0.25) is 0 Å². The third-order valence-corrected chi connectivity index (χ3v) is 3.09. The van der Waals surface area contributed by atoms with Gasteiger partial charge in [0, 0.05) is 24.6 Å². The molecule has 1 aromatic rings. The van der Waals surface area contributed by atoms with Gasteiger partial charge in [0.1, 0.15) is 6.17 Å². The molecule has 0 bridgehead atoms. The Morgan fingerprint density at radius 2 is 1.81 bits per heavy atom. The van der Waals surface area contributed by atoms with E-state index in [0.29, 0.717) is 6.17 Å². The molecule has 0 amide bonds. The minimum Gasteiger partial charge on any atom is -0.356 e. The summed E-state index contributed by atoms with van der Waals surface area (Å²) >= 11 is 0. The maximum absolute atomic E-state index is 2.40. The van der Waals surface area contributed by atoms with Gasteiger partial charge < -0.3 is 9.80 Å². The van der Waals surface area contributed by atoms with E-state index < -0.39 is 0 Å². The van der Waals surface area contributed by atoms with Crippen LogP contribution in [0.2, 0.25) is 0 Å². The van der Waals surface area contributed by atoms with E-state index in [9.17, 15) is 0 Å². The summed E-state index contributed by atoms with van der Waals surface area (Å²) < 4.78 is 0. The van der Waals surface area contributed by atoms with Crippen LogP contribution in [0.1, 0.15) is 26.7 Å². The molecule has 0 fully saturated rings. The van der Waals surface area contributed by atoms with Crippen molar-refractivity contribution >= 4 is 5.69 Å². The van der Waals surface area contributed by atoms with Crippen molar-refractivity contribution < 1.29 is 0 Å². The first-order valence-electron chi connectivity index (χ1n) is 6.14. The van der Waals surface area contributed by atoms with Crippen molar-refractivity contribution in [2.45, 2.75) is 32.9 Å². The van der Waals surface area contributed by atoms with Crippen LogP contribution in [0.15, 0.2) is 42.7 Å². The van der Waals surface area contributed by atoms with Crippen LogP contribution < -0.4 is 4.90 Å². The fourth-order valence-corrected chi connectivity index (χ4v) is 2.25. The monoisotopic (exact) mass is 216 g/mol. The summed E-state index contributed by atoms with van der Waals surface area (Å²) in [5.74, 6) is 0. The van der Waals surface area contributed by atoms with Gasteiger partial charge >= 0.3 is 0 Å². The molecule has 0 N–H and O–H groups in total. The van der Waals surface area contributed by atoms with Crippen molar-refractivity contribution in [2.75, 3.05) is 11.4 Å². The predicted molar refractivity (Wildman–Crippen MR) is 69.1 cm³/mol. The van der Waals surface area contributed by atoms with E-state index in [4.69, 9.17) is 0 Å². The van der Waals surface area contributed by atoms with Crippen LogP contribution in [0.25, 0.3) is 0 Å². The Bertz CT molecular complexity index is 345. The van der Waals surface area contributed by atoms with Crippen LogP contribution in [-0.2, 0) is 0 Å². The third-order valence-electron chi connectivity index (χ3n) is 3.09. The second-order valence-electron chi connectivity index (χ2n) is 4.14. The molecular formula is C14H20N2. The molecule has 0 spiro atoms. The van der Waals surface area contributed by atoms with E-state index in [1.54, 1.807) is 0 Å². The largest absolute Gasteiger partial charge is 0.356 e. The fraction of sp³-hybridized carbons (Fsp3) is 0.429. The average molecular weight is 216 g/mol. The van der Waals surface area contributed by atoms with Crippen LogP contribution in [0.5, 0.6) is 0 Å². The lowest BCUT2D eigenvalue weighted by Gasteiger charge is -2.32. The maximum Gasteiger partial charge on any atom is 0.105 e. The van der Waals surface area contributed by atoms with E-state index in [-0.39, 0.29) is 0 Å². The van der Waals surface area contributed by atoms with Crippen molar-refractivity contribution in [2.24, 2.45) is 0 Å². The Labute approximate surface area is 98.2 Å². The van der Waals surface area contributed by atoms with E-state index in [2.05, 4.69) is 66.4 Å². The minimum atomic E-state index is 0.498. The summed E-state index contributed by atoms with van der Waals surface area (Å²) in [6, 6.07) is 10.6. The molecule has 2 heteroatoms. The minimum absolute atomic E-state index is 0.498. The number of benzene rings is 1. The van der Waals surface area contributed by atoms with Gasteiger partial charge in [-0.1, -0.05) is 31.5 Å². The van der Waals surface area contributed by atoms with Crippen LogP contribution >= 0.6 is 0 Å². The maximum atomic E-state index is 2.40. The second-order valence-corrected chi connectivity index (χ2v) is 4.14. The fourth-order valence-electron chi connectivity index (χ4n) is 2.25. The predicted octanol–water partition coefficient (Wildman–Crippen LogP) is 3.43. The third kappa shape index (κ3) is 2.06. The molecule has 1 aliphatic rings. The van der Waals surface area contributed by atoms with E-state index in [1.165, 1.54) is 18.5 Å². The summed E-state index contributed by atoms with van der Waals surface area (Å²) in [4.78, 5) is 4.77. The Kier molecular flexibility index (Phi) is 3.50. The molecule has 1 atom stereocenters. The SMILES string of the molecule is CCCC1N(CC)C=CN1c1ccccc1. The Morgan fingerprint density at radius 1 is 1.06 bits per heavy atom. The highest BCUT2D eigenvalue weighted by Gasteiger charge is 2.24. The van der Waals surface area contributed by atoms with Gasteiger partial charge in [0.05, 0.1) is 0 Å². The van der Waals surface area contributed by atoms with Crippen LogP contribution in [0, 0.1) is 0 Å². The zero-order chi connectivity index (χ0) is 11.4. The molecule has 16 heavy (non-hydrogen) atoms. The summed E-state index contributed by atoms with van der Waals surface area (Å²) in [6.07, 6.45) is 7.31. The lowest BCUT2D eigenvalue weighted by atomic mass is 10.2. The lowest BCUT2D eigenvalue weighted by Crippen LogP contribution is -2.38. The van der Waals surface area contributed by atoms with Gasteiger partial charge in [-0.2, -0.15) is 0 Å². The highest BCUT2D eigenvalue weighted by Crippen LogP contribution is 2.26. The molecular weight excluding hydrogens is 196 g/mol. The Balaban J connectivity index is 2.18. The molecule has 2 nitrogen and oxygen atoms in total. The molecule has 0 saturated heterocycles. The second kappa shape index (κ2) is 5.06. The van der Waals surface area contributed by atoms with Crippen LogP contribution in [0.4, 0.5) is 5.69 Å².